The molecule has 2 aliphatic heterocycles. The van der Waals surface area contributed by atoms with Crippen LogP contribution in [-0.4, -0.2) is 83.4 Å². The fourth-order valence-corrected chi connectivity index (χ4v) is 4.46. The Labute approximate surface area is 190 Å². The van der Waals surface area contributed by atoms with E-state index in [-0.39, 0.29) is 11.3 Å². The topological polar surface area (TPSA) is 85.9 Å². The van der Waals surface area contributed by atoms with Gasteiger partial charge in [0.25, 0.3) is 5.91 Å². The van der Waals surface area contributed by atoms with Crippen LogP contribution < -0.4 is 0 Å². The van der Waals surface area contributed by atoms with Crippen molar-refractivity contribution in [1.82, 2.24) is 14.8 Å². The van der Waals surface area contributed by atoms with Crippen molar-refractivity contribution in [2.75, 3.05) is 39.4 Å². The number of benzene rings is 1. The number of piperidine rings is 1. The zero-order chi connectivity index (χ0) is 24.2. The number of amides is 1. The first-order chi connectivity index (χ1) is 15.5. The van der Waals surface area contributed by atoms with Gasteiger partial charge in [0.05, 0.1) is 13.2 Å². The van der Waals surface area contributed by atoms with Gasteiger partial charge in [0.1, 0.15) is 0 Å². The number of ether oxygens (including phenoxy) is 1. The number of nitrogens with one attached hydrogen (secondary N) is 1. The zero-order valence-corrected chi connectivity index (χ0v) is 18.8. The van der Waals surface area contributed by atoms with Gasteiger partial charge in [-0.25, -0.2) is 4.79 Å². The average Bonchev–Trinajstić information content (AvgIpc) is 3.13. The molecule has 2 saturated heterocycles. The summed E-state index contributed by atoms with van der Waals surface area (Å²) in [4.78, 5) is 29.8. The Bertz CT molecular complexity index is 975. The van der Waals surface area contributed by atoms with Crippen molar-refractivity contribution in [2.45, 2.75) is 38.9 Å². The van der Waals surface area contributed by atoms with Gasteiger partial charge in [-0.2, -0.15) is 13.2 Å². The Balaban J connectivity index is 0.000000383. The number of aromatic nitrogens is 1. The van der Waals surface area contributed by atoms with Crippen LogP contribution in [0, 0.1) is 5.41 Å². The number of hydrogen-bond acceptors (Lipinski definition) is 4. The number of nitrogens with zero attached hydrogens (tertiary/aromatic N) is 2. The van der Waals surface area contributed by atoms with Crippen molar-refractivity contribution >= 4 is 22.8 Å². The molecule has 1 atom stereocenters. The molecule has 2 aliphatic rings. The van der Waals surface area contributed by atoms with E-state index in [1.807, 2.05) is 35.4 Å². The van der Waals surface area contributed by atoms with E-state index >= 15 is 0 Å². The molecule has 0 radical (unpaired) electrons. The van der Waals surface area contributed by atoms with E-state index in [0.717, 1.165) is 68.7 Å². The van der Waals surface area contributed by atoms with Crippen LogP contribution in [0.2, 0.25) is 0 Å². The molecule has 2 N–H and O–H groups in total. The zero-order valence-electron chi connectivity index (χ0n) is 18.8. The first-order valence-corrected chi connectivity index (χ1v) is 11.0. The molecule has 0 saturated carbocycles. The molecule has 2 fully saturated rings. The van der Waals surface area contributed by atoms with E-state index in [2.05, 4.69) is 23.7 Å². The third-order valence-electron chi connectivity index (χ3n) is 6.19. The van der Waals surface area contributed by atoms with Crippen LogP contribution in [0.15, 0.2) is 30.5 Å². The number of carbonyl (C=O) groups excluding carboxylic acids is 1. The molecule has 2 aromatic rings. The Morgan fingerprint density at radius 1 is 1.18 bits per heavy atom. The maximum absolute atomic E-state index is 13.2. The molecular weight excluding hydrogens is 439 g/mol. The first-order valence-electron chi connectivity index (χ1n) is 11.0. The number of halogens is 3. The van der Waals surface area contributed by atoms with Crippen LogP contribution in [0.5, 0.6) is 0 Å². The fraction of sp³-hybridized carbons (Fsp3) is 0.565. The molecule has 1 unspecified atom stereocenters. The van der Waals surface area contributed by atoms with Crippen molar-refractivity contribution in [3.8, 4) is 0 Å². The highest BCUT2D eigenvalue weighted by atomic mass is 19.4. The molecule has 3 heterocycles. The van der Waals surface area contributed by atoms with E-state index in [9.17, 15) is 18.0 Å². The number of carboxylic acid groups (broad SMARTS) is 1. The second-order valence-corrected chi connectivity index (χ2v) is 9.03. The van der Waals surface area contributed by atoms with Crippen LogP contribution >= 0.6 is 0 Å². The Morgan fingerprint density at radius 2 is 1.91 bits per heavy atom. The van der Waals surface area contributed by atoms with Gasteiger partial charge >= 0.3 is 12.1 Å². The van der Waals surface area contributed by atoms with E-state index in [1.165, 1.54) is 0 Å². The lowest BCUT2D eigenvalue weighted by Gasteiger charge is -2.44. The first kappa shape index (κ1) is 25.0. The molecule has 182 valence electrons. The van der Waals surface area contributed by atoms with Crippen LogP contribution in [0.4, 0.5) is 13.2 Å². The van der Waals surface area contributed by atoms with Crippen molar-refractivity contribution in [3.05, 3.63) is 36.0 Å². The maximum Gasteiger partial charge on any atom is 0.490 e. The molecule has 10 heteroatoms. The van der Waals surface area contributed by atoms with Crippen molar-refractivity contribution < 1.29 is 32.6 Å². The van der Waals surface area contributed by atoms with Gasteiger partial charge in [-0.15, -0.1) is 0 Å². The molecule has 7 nitrogen and oxygen atoms in total. The minimum Gasteiger partial charge on any atom is -0.475 e. The lowest BCUT2D eigenvalue weighted by atomic mass is 9.79. The summed E-state index contributed by atoms with van der Waals surface area (Å²) in [5, 5.41) is 8.27. The highest BCUT2D eigenvalue weighted by molar-refractivity contribution is 5.98. The Morgan fingerprint density at radius 3 is 2.58 bits per heavy atom. The summed E-state index contributed by atoms with van der Waals surface area (Å²) in [6.07, 6.45) is -0.986. The maximum atomic E-state index is 13.2. The highest BCUT2D eigenvalue weighted by Crippen LogP contribution is 2.34. The Kier molecular flexibility index (Phi) is 7.69. The predicted molar refractivity (Wildman–Crippen MR) is 117 cm³/mol. The number of aliphatic carboxylic acids is 1. The minimum atomic E-state index is -5.08. The highest BCUT2D eigenvalue weighted by Gasteiger charge is 2.41. The summed E-state index contributed by atoms with van der Waals surface area (Å²) < 4.78 is 37.7. The van der Waals surface area contributed by atoms with Crippen LogP contribution in [0.1, 0.15) is 37.0 Å². The number of H-pyrrole nitrogens is 1. The third kappa shape index (κ3) is 6.26. The summed E-state index contributed by atoms with van der Waals surface area (Å²) in [5.74, 6) is -2.62. The molecule has 0 bridgehead atoms. The molecule has 1 spiro atoms. The number of fused-ring (bicyclic) bond motifs is 1. The van der Waals surface area contributed by atoms with E-state index < -0.39 is 12.1 Å². The quantitative estimate of drug-likeness (QED) is 0.700. The van der Waals surface area contributed by atoms with Crippen molar-refractivity contribution in [2.24, 2.45) is 5.41 Å². The second-order valence-electron chi connectivity index (χ2n) is 9.03. The number of hydrogen-bond donors (Lipinski definition) is 2. The third-order valence-corrected chi connectivity index (χ3v) is 6.19. The summed E-state index contributed by atoms with van der Waals surface area (Å²) >= 11 is 0. The molecule has 1 aromatic carbocycles. The lowest BCUT2D eigenvalue weighted by molar-refractivity contribution is -0.192. The van der Waals surface area contributed by atoms with Gasteiger partial charge in [-0.1, -0.05) is 6.07 Å². The van der Waals surface area contributed by atoms with Gasteiger partial charge in [0.2, 0.25) is 0 Å². The molecular formula is C23H30F3N3O4. The van der Waals surface area contributed by atoms with Crippen LogP contribution in [-0.2, 0) is 9.53 Å². The number of aromatic amines is 1. The van der Waals surface area contributed by atoms with Gasteiger partial charge in [0.15, 0.2) is 0 Å². The predicted octanol–water partition coefficient (Wildman–Crippen LogP) is 3.76. The standard InChI is InChI=1S/C21H29N3O2.C2HF3O2/c1-16(2)23-10-11-26-15-21(13-23)7-3-9-24(14-21)20(25)18-5-4-17-6-8-22-19(17)12-18;3-2(4,5)1(6)7/h4-6,8,12,16,22H,3,7,9-11,13-15H2,1-2H3;(H,6,7). The van der Waals surface area contributed by atoms with Crippen molar-refractivity contribution in [3.63, 3.8) is 0 Å². The Hall–Kier alpha value is -2.59. The molecule has 0 aliphatic carbocycles. The minimum absolute atomic E-state index is 0.0607. The number of rotatable bonds is 2. The van der Waals surface area contributed by atoms with Gasteiger partial charge in [-0.05, 0) is 50.3 Å². The summed E-state index contributed by atoms with van der Waals surface area (Å²) in [6.45, 7) is 9.67. The molecule has 33 heavy (non-hydrogen) atoms. The van der Waals surface area contributed by atoms with E-state index in [1.54, 1.807) is 0 Å². The molecule has 1 aromatic heterocycles. The molecule has 1 amide bonds. The number of alkyl halides is 3. The monoisotopic (exact) mass is 469 g/mol. The molecule has 4 rings (SSSR count). The van der Waals surface area contributed by atoms with Crippen molar-refractivity contribution in [1.29, 1.82) is 0 Å². The smallest absolute Gasteiger partial charge is 0.475 e. The van der Waals surface area contributed by atoms with Crippen LogP contribution in [0.25, 0.3) is 10.9 Å². The fourth-order valence-electron chi connectivity index (χ4n) is 4.46. The SMILES string of the molecule is CC(C)N1CCOCC2(CCCN(C(=O)c3ccc4cc[nH]c4c3)C2)C1.O=C(O)C(F)(F)F. The summed E-state index contributed by atoms with van der Waals surface area (Å²) in [7, 11) is 0. The van der Waals surface area contributed by atoms with Gasteiger partial charge in [0, 0.05) is 54.9 Å². The number of likely N-dealkylation sites (tertiary alicyclic amines) is 1. The normalized spacial score (nSPS) is 22.2. The average molecular weight is 470 g/mol. The van der Waals surface area contributed by atoms with E-state index in [4.69, 9.17) is 14.6 Å². The number of carboxylic acids is 1. The summed E-state index contributed by atoms with van der Waals surface area (Å²) in [5.41, 5.74) is 1.85. The summed E-state index contributed by atoms with van der Waals surface area (Å²) in [6, 6.07) is 8.49. The second kappa shape index (κ2) is 10.1. The lowest BCUT2D eigenvalue weighted by Crippen LogP contribution is -2.53. The van der Waals surface area contributed by atoms with Gasteiger partial charge in [-0.3, -0.25) is 9.69 Å². The van der Waals surface area contributed by atoms with E-state index in [0.29, 0.717) is 6.04 Å². The number of carbonyl (C=O) groups is 2. The van der Waals surface area contributed by atoms with Crippen LogP contribution in [0.3, 0.4) is 0 Å². The van der Waals surface area contributed by atoms with Gasteiger partial charge < -0.3 is 19.7 Å². The largest absolute Gasteiger partial charge is 0.490 e.